The lowest BCUT2D eigenvalue weighted by atomic mass is 9.84. The second kappa shape index (κ2) is 9.30. The van der Waals surface area contributed by atoms with Gasteiger partial charge in [-0.3, -0.25) is 4.79 Å². The minimum absolute atomic E-state index is 0.196. The Kier molecular flexibility index (Phi) is 7.03. The molecule has 0 bridgehead atoms. The molecule has 2 saturated heterocycles. The van der Waals surface area contributed by atoms with Gasteiger partial charge in [0.15, 0.2) is 0 Å². The number of rotatable bonds is 5. The summed E-state index contributed by atoms with van der Waals surface area (Å²) in [4.78, 5) is 15.0. The SMILES string of the molecule is CC(CC(=O)NC1CCN(c2ccc(C(C)(C)C)cc2)CC1)C1CCNCC1. The van der Waals surface area contributed by atoms with Crippen LogP contribution in [0.15, 0.2) is 24.3 Å². The standard InChI is InChI=1S/C24H39N3O/c1-18(19-9-13-25-14-10-19)17-23(28)26-21-11-15-27(16-12-21)22-7-5-20(6-8-22)24(2,3)4/h5-8,18-19,21,25H,9-17H2,1-4H3,(H,26,28). The molecule has 28 heavy (non-hydrogen) atoms. The van der Waals surface area contributed by atoms with Gasteiger partial charge in [0.05, 0.1) is 0 Å². The number of anilines is 1. The zero-order chi connectivity index (χ0) is 20.1. The highest BCUT2D eigenvalue weighted by Gasteiger charge is 2.25. The maximum Gasteiger partial charge on any atom is 0.220 e. The molecular weight excluding hydrogens is 346 g/mol. The van der Waals surface area contributed by atoms with Crippen LogP contribution in [0, 0.1) is 11.8 Å². The van der Waals surface area contributed by atoms with Crippen LogP contribution in [0.5, 0.6) is 0 Å². The van der Waals surface area contributed by atoms with Crippen LogP contribution in [-0.2, 0) is 10.2 Å². The Morgan fingerprint density at radius 3 is 2.29 bits per heavy atom. The molecule has 2 aliphatic heterocycles. The van der Waals surface area contributed by atoms with Crippen LogP contribution in [0.3, 0.4) is 0 Å². The van der Waals surface area contributed by atoms with Crippen molar-refractivity contribution in [3.05, 3.63) is 29.8 Å². The molecule has 4 heteroatoms. The van der Waals surface area contributed by atoms with Crippen LogP contribution in [-0.4, -0.2) is 38.1 Å². The lowest BCUT2D eigenvalue weighted by molar-refractivity contribution is -0.123. The third-order valence-electron chi connectivity index (χ3n) is 6.65. The topological polar surface area (TPSA) is 44.4 Å². The van der Waals surface area contributed by atoms with Crippen LogP contribution in [0.25, 0.3) is 0 Å². The number of benzene rings is 1. The number of nitrogens with zero attached hydrogens (tertiary/aromatic N) is 1. The third kappa shape index (κ3) is 5.73. The Balaban J connectivity index is 1.43. The van der Waals surface area contributed by atoms with Gasteiger partial charge in [0.2, 0.25) is 5.91 Å². The van der Waals surface area contributed by atoms with Gasteiger partial charge in [0.25, 0.3) is 0 Å². The molecule has 0 aromatic heterocycles. The van der Waals surface area contributed by atoms with Crippen molar-refractivity contribution < 1.29 is 4.79 Å². The highest BCUT2D eigenvalue weighted by molar-refractivity contribution is 5.76. The minimum atomic E-state index is 0.196. The number of hydrogen-bond donors (Lipinski definition) is 2. The fourth-order valence-electron chi connectivity index (χ4n) is 4.61. The normalized spacial score (nSPS) is 20.8. The molecule has 2 N–H and O–H groups in total. The number of amides is 1. The minimum Gasteiger partial charge on any atom is -0.371 e. The summed E-state index contributed by atoms with van der Waals surface area (Å²) in [6, 6.07) is 9.34. The van der Waals surface area contributed by atoms with Gasteiger partial charge >= 0.3 is 0 Å². The van der Waals surface area contributed by atoms with Gasteiger partial charge in [0.1, 0.15) is 0 Å². The molecule has 0 spiro atoms. The smallest absolute Gasteiger partial charge is 0.220 e. The highest BCUT2D eigenvalue weighted by Crippen LogP contribution is 2.27. The van der Waals surface area contributed by atoms with Crippen molar-refractivity contribution in [3.63, 3.8) is 0 Å². The third-order valence-corrected chi connectivity index (χ3v) is 6.65. The average Bonchev–Trinajstić information content (AvgIpc) is 2.68. The fraction of sp³-hybridized carbons (Fsp3) is 0.708. The van der Waals surface area contributed by atoms with Gasteiger partial charge in [-0.2, -0.15) is 0 Å². The van der Waals surface area contributed by atoms with E-state index in [2.05, 4.69) is 67.5 Å². The summed E-state index contributed by atoms with van der Waals surface area (Å²) in [5.41, 5.74) is 2.87. The van der Waals surface area contributed by atoms with E-state index in [1.807, 2.05) is 0 Å². The van der Waals surface area contributed by atoms with Gasteiger partial charge in [-0.1, -0.05) is 39.8 Å². The molecule has 1 aromatic carbocycles. The van der Waals surface area contributed by atoms with Crippen LogP contribution >= 0.6 is 0 Å². The molecule has 2 heterocycles. The molecule has 1 amide bonds. The Morgan fingerprint density at radius 2 is 1.71 bits per heavy atom. The van der Waals surface area contributed by atoms with Crippen LogP contribution in [0.1, 0.15) is 65.4 Å². The van der Waals surface area contributed by atoms with E-state index < -0.39 is 0 Å². The zero-order valence-electron chi connectivity index (χ0n) is 18.3. The molecule has 0 saturated carbocycles. The van der Waals surface area contributed by atoms with Crippen molar-refractivity contribution in [3.8, 4) is 0 Å². The molecule has 4 nitrogen and oxygen atoms in total. The Bertz CT molecular complexity index is 620. The van der Waals surface area contributed by atoms with E-state index in [1.165, 1.54) is 24.1 Å². The molecule has 1 aromatic rings. The van der Waals surface area contributed by atoms with Crippen molar-refractivity contribution in [1.29, 1.82) is 0 Å². The average molecular weight is 386 g/mol. The maximum atomic E-state index is 12.5. The van der Waals surface area contributed by atoms with Crippen molar-refractivity contribution >= 4 is 11.6 Å². The lowest BCUT2D eigenvalue weighted by Gasteiger charge is -2.35. The van der Waals surface area contributed by atoms with E-state index >= 15 is 0 Å². The van der Waals surface area contributed by atoms with E-state index in [4.69, 9.17) is 0 Å². The zero-order valence-corrected chi connectivity index (χ0v) is 18.3. The number of carbonyl (C=O) groups is 1. The lowest BCUT2D eigenvalue weighted by Crippen LogP contribution is -2.45. The fourth-order valence-corrected chi connectivity index (χ4v) is 4.61. The predicted octanol–water partition coefficient (Wildman–Crippen LogP) is 4.09. The maximum absolute atomic E-state index is 12.5. The molecule has 1 atom stereocenters. The monoisotopic (exact) mass is 385 g/mol. The second-order valence-electron chi connectivity index (χ2n) is 9.89. The molecule has 156 valence electrons. The molecule has 3 rings (SSSR count). The summed E-state index contributed by atoms with van der Waals surface area (Å²) < 4.78 is 0. The first-order chi connectivity index (χ1) is 13.3. The number of nitrogens with one attached hydrogen (secondary N) is 2. The molecule has 2 fully saturated rings. The quantitative estimate of drug-likeness (QED) is 0.802. The first kappa shape index (κ1) is 21.2. The summed E-state index contributed by atoms with van der Waals surface area (Å²) in [5.74, 6) is 1.44. The van der Waals surface area contributed by atoms with E-state index in [1.54, 1.807) is 0 Å². The van der Waals surface area contributed by atoms with Crippen molar-refractivity contribution in [2.45, 2.75) is 71.3 Å². The van der Waals surface area contributed by atoms with Gasteiger partial charge in [0, 0.05) is 31.2 Å². The van der Waals surface area contributed by atoms with Gasteiger partial charge in [-0.25, -0.2) is 0 Å². The van der Waals surface area contributed by atoms with E-state index in [0.717, 1.165) is 39.0 Å². The highest BCUT2D eigenvalue weighted by atomic mass is 16.1. The van der Waals surface area contributed by atoms with Crippen molar-refractivity contribution in [2.24, 2.45) is 11.8 Å². The van der Waals surface area contributed by atoms with Crippen LogP contribution in [0.4, 0.5) is 5.69 Å². The van der Waals surface area contributed by atoms with Crippen molar-refractivity contribution in [1.82, 2.24) is 10.6 Å². The largest absolute Gasteiger partial charge is 0.371 e. The summed E-state index contributed by atoms with van der Waals surface area (Å²) in [6.45, 7) is 13.2. The Labute approximate surface area is 171 Å². The van der Waals surface area contributed by atoms with Crippen LogP contribution in [0.2, 0.25) is 0 Å². The summed E-state index contributed by atoms with van der Waals surface area (Å²) in [5, 5.41) is 6.72. The first-order valence-corrected chi connectivity index (χ1v) is 11.2. The summed E-state index contributed by atoms with van der Waals surface area (Å²) in [7, 11) is 0. The molecular formula is C24H39N3O. The van der Waals surface area contributed by atoms with Gasteiger partial charge in [-0.05, 0) is 73.7 Å². The number of hydrogen-bond acceptors (Lipinski definition) is 3. The second-order valence-corrected chi connectivity index (χ2v) is 9.89. The van der Waals surface area contributed by atoms with Gasteiger partial charge in [-0.15, -0.1) is 0 Å². The van der Waals surface area contributed by atoms with Gasteiger partial charge < -0.3 is 15.5 Å². The molecule has 0 radical (unpaired) electrons. The Hall–Kier alpha value is -1.55. The predicted molar refractivity (Wildman–Crippen MR) is 118 cm³/mol. The number of carbonyl (C=O) groups excluding carboxylic acids is 1. The van der Waals surface area contributed by atoms with Crippen LogP contribution < -0.4 is 15.5 Å². The number of piperidine rings is 2. The van der Waals surface area contributed by atoms with E-state index in [0.29, 0.717) is 24.3 Å². The summed E-state index contributed by atoms with van der Waals surface area (Å²) in [6.07, 6.45) is 5.17. The molecule has 2 aliphatic rings. The first-order valence-electron chi connectivity index (χ1n) is 11.2. The summed E-state index contributed by atoms with van der Waals surface area (Å²) >= 11 is 0. The van der Waals surface area contributed by atoms with Crippen molar-refractivity contribution in [2.75, 3.05) is 31.1 Å². The molecule has 1 unspecified atom stereocenters. The van der Waals surface area contributed by atoms with E-state index in [-0.39, 0.29) is 11.3 Å². The Morgan fingerprint density at radius 1 is 1.11 bits per heavy atom. The molecule has 0 aliphatic carbocycles. The van der Waals surface area contributed by atoms with E-state index in [9.17, 15) is 4.79 Å².